The Bertz CT molecular complexity index is 434. The molecule has 0 saturated carbocycles. The van der Waals surface area contributed by atoms with E-state index in [2.05, 4.69) is 13.8 Å². The highest BCUT2D eigenvalue weighted by Gasteiger charge is 2.29. The topological polar surface area (TPSA) is 46.3 Å². The molecule has 1 aromatic rings. The lowest BCUT2D eigenvalue weighted by Crippen LogP contribution is -2.46. The zero-order chi connectivity index (χ0) is 13.2. The molecule has 3 nitrogen and oxygen atoms in total. The van der Waals surface area contributed by atoms with Crippen LogP contribution < -0.4 is 5.73 Å². The van der Waals surface area contributed by atoms with Crippen molar-refractivity contribution in [2.24, 2.45) is 0 Å². The fraction of sp³-hybridized carbons (Fsp3) is 0.500. The maximum atomic E-state index is 12.2. The quantitative estimate of drug-likeness (QED) is 0.854. The van der Waals surface area contributed by atoms with Gasteiger partial charge in [-0.1, -0.05) is 12.1 Å². The van der Waals surface area contributed by atoms with Gasteiger partial charge < -0.3 is 10.6 Å². The van der Waals surface area contributed by atoms with Crippen LogP contribution in [-0.4, -0.2) is 34.4 Å². The first-order valence-corrected chi connectivity index (χ1v) is 7.21. The van der Waals surface area contributed by atoms with Crippen molar-refractivity contribution < 1.29 is 4.79 Å². The van der Waals surface area contributed by atoms with Gasteiger partial charge in [0.25, 0.3) is 0 Å². The Morgan fingerprint density at radius 3 is 2.58 bits per heavy atom. The van der Waals surface area contributed by atoms with Crippen LogP contribution in [0.3, 0.4) is 0 Å². The third kappa shape index (κ3) is 4.62. The lowest BCUT2D eigenvalue weighted by Gasteiger charge is -2.37. The van der Waals surface area contributed by atoms with Crippen LogP contribution in [0.15, 0.2) is 24.3 Å². The summed E-state index contributed by atoms with van der Waals surface area (Å²) in [6.07, 6.45) is 0.473. The van der Waals surface area contributed by atoms with Gasteiger partial charge in [-0.05, 0) is 31.5 Å². The number of thioether (sulfide) groups is 1. The van der Waals surface area contributed by atoms with Crippen molar-refractivity contribution in [3.63, 3.8) is 0 Å². The molecule has 2 N–H and O–H groups in total. The van der Waals surface area contributed by atoms with Crippen molar-refractivity contribution in [3.05, 3.63) is 29.8 Å². The van der Waals surface area contributed by atoms with E-state index in [1.54, 1.807) is 0 Å². The molecule has 2 rings (SSSR count). The monoisotopic (exact) mass is 300 g/mol. The maximum Gasteiger partial charge on any atom is 0.227 e. The molecule has 1 saturated heterocycles. The Balaban J connectivity index is 0.00000180. The van der Waals surface area contributed by atoms with Gasteiger partial charge in [0, 0.05) is 29.3 Å². The third-order valence-electron chi connectivity index (χ3n) is 3.11. The first kappa shape index (κ1) is 16.2. The van der Waals surface area contributed by atoms with Gasteiger partial charge in [0.05, 0.1) is 6.42 Å². The molecule has 0 spiro atoms. The van der Waals surface area contributed by atoms with E-state index >= 15 is 0 Å². The van der Waals surface area contributed by atoms with Crippen LogP contribution in [0.1, 0.15) is 19.4 Å². The van der Waals surface area contributed by atoms with E-state index in [-0.39, 0.29) is 23.1 Å². The molecular formula is C14H21ClN2OS. The summed E-state index contributed by atoms with van der Waals surface area (Å²) in [6.45, 7) is 6.09. The Labute approximate surface area is 125 Å². The van der Waals surface area contributed by atoms with E-state index in [0.29, 0.717) is 6.42 Å². The molecular weight excluding hydrogens is 280 g/mol. The number of hydrogen-bond acceptors (Lipinski definition) is 3. The van der Waals surface area contributed by atoms with Crippen molar-refractivity contribution >= 4 is 35.8 Å². The molecule has 1 amide bonds. The van der Waals surface area contributed by atoms with Crippen molar-refractivity contribution in [2.75, 3.05) is 24.6 Å². The Kier molecular flexibility index (Phi) is 5.56. The minimum absolute atomic E-state index is 0. The van der Waals surface area contributed by atoms with Gasteiger partial charge in [-0.15, -0.1) is 12.4 Å². The smallest absolute Gasteiger partial charge is 0.227 e. The average Bonchev–Trinajstić information content (AvgIpc) is 2.31. The zero-order valence-electron chi connectivity index (χ0n) is 11.4. The summed E-state index contributed by atoms with van der Waals surface area (Å²) in [5.41, 5.74) is 7.41. The summed E-state index contributed by atoms with van der Waals surface area (Å²) in [7, 11) is 0. The zero-order valence-corrected chi connectivity index (χ0v) is 13.0. The summed E-state index contributed by atoms with van der Waals surface area (Å²) >= 11 is 1.94. The number of benzene rings is 1. The van der Waals surface area contributed by atoms with Crippen molar-refractivity contribution in [2.45, 2.75) is 25.0 Å². The Hall–Kier alpha value is -0.870. The highest BCUT2D eigenvalue weighted by molar-refractivity contribution is 8.00. The standard InChI is InChI=1S/C14H20N2OS.ClH/c1-14(2)10-16(7-8-18-14)13(17)9-11-3-5-12(15)6-4-11;/h3-6H,7-10,15H2,1-2H3;1H. The van der Waals surface area contributed by atoms with E-state index in [9.17, 15) is 4.79 Å². The predicted octanol–water partition coefficient (Wildman–Crippen LogP) is 2.59. The third-order valence-corrected chi connectivity index (χ3v) is 4.41. The molecule has 1 aliphatic rings. The summed E-state index contributed by atoms with van der Waals surface area (Å²) in [6, 6.07) is 7.55. The number of carbonyl (C=O) groups excluding carboxylic acids is 1. The molecule has 106 valence electrons. The number of carbonyl (C=O) groups is 1. The van der Waals surface area contributed by atoms with Crippen LogP contribution in [-0.2, 0) is 11.2 Å². The van der Waals surface area contributed by atoms with Gasteiger partial charge in [-0.25, -0.2) is 0 Å². The van der Waals surface area contributed by atoms with Crippen LogP contribution in [0.25, 0.3) is 0 Å². The molecule has 0 aliphatic carbocycles. The lowest BCUT2D eigenvalue weighted by atomic mass is 10.1. The second-order valence-electron chi connectivity index (χ2n) is 5.34. The van der Waals surface area contributed by atoms with E-state index < -0.39 is 0 Å². The highest BCUT2D eigenvalue weighted by atomic mass is 35.5. The van der Waals surface area contributed by atoms with Gasteiger partial charge in [0.2, 0.25) is 5.91 Å². The number of rotatable bonds is 2. The van der Waals surface area contributed by atoms with Gasteiger partial charge in [0.15, 0.2) is 0 Å². The largest absolute Gasteiger partial charge is 0.399 e. The highest BCUT2D eigenvalue weighted by Crippen LogP contribution is 2.29. The number of halogens is 1. The molecule has 1 aliphatic heterocycles. The van der Waals surface area contributed by atoms with E-state index in [1.165, 1.54) is 0 Å². The van der Waals surface area contributed by atoms with Crippen molar-refractivity contribution in [1.29, 1.82) is 0 Å². The van der Waals surface area contributed by atoms with E-state index in [1.807, 2.05) is 40.9 Å². The van der Waals surface area contributed by atoms with Gasteiger partial charge in [0.1, 0.15) is 0 Å². The predicted molar refractivity (Wildman–Crippen MR) is 84.9 cm³/mol. The molecule has 19 heavy (non-hydrogen) atoms. The maximum absolute atomic E-state index is 12.2. The summed E-state index contributed by atoms with van der Waals surface area (Å²) in [4.78, 5) is 14.2. The van der Waals surface area contributed by atoms with Crippen LogP contribution in [0.5, 0.6) is 0 Å². The van der Waals surface area contributed by atoms with Gasteiger partial charge in [-0.3, -0.25) is 4.79 Å². The number of nitrogens with two attached hydrogens (primary N) is 1. The number of nitrogen functional groups attached to an aromatic ring is 1. The number of anilines is 1. The number of amides is 1. The van der Waals surface area contributed by atoms with Gasteiger partial charge >= 0.3 is 0 Å². The molecule has 0 atom stereocenters. The minimum atomic E-state index is 0. The number of hydrogen-bond donors (Lipinski definition) is 1. The molecule has 5 heteroatoms. The molecule has 0 unspecified atom stereocenters. The summed E-state index contributed by atoms with van der Waals surface area (Å²) in [5, 5.41) is 0. The molecule has 1 heterocycles. The Morgan fingerprint density at radius 1 is 1.37 bits per heavy atom. The summed E-state index contributed by atoms with van der Waals surface area (Å²) < 4.78 is 0.176. The fourth-order valence-corrected chi connectivity index (χ4v) is 3.26. The van der Waals surface area contributed by atoms with E-state index in [0.717, 1.165) is 30.1 Å². The first-order chi connectivity index (χ1) is 8.46. The SMILES string of the molecule is CC1(C)CN(C(=O)Cc2ccc(N)cc2)CCS1.Cl. The minimum Gasteiger partial charge on any atom is -0.399 e. The normalized spacial score (nSPS) is 17.7. The molecule has 1 aromatic carbocycles. The van der Waals surface area contributed by atoms with Crippen molar-refractivity contribution in [1.82, 2.24) is 4.90 Å². The molecule has 0 radical (unpaired) electrons. The second-order valence-corrected chi connectivity index (χ2v) is 7.14. The fourth-order valence-electron chi connectivity index (χ4n) is 2.15. The molecule has 1 fully saturated rings. The first-order valence-electron chi connectivity index (χ1n) is 6.22. The van der Waals surface area contributed by atoms with Crippen LogP contribution in [0.2, 0.25) is 0 Å². The van der Waals surface area contributed by atoms with Crippen LogP contribution >= 0.6 is 24.2 Å². The Morgan fingerprint density at radius 2 is 2.00 bits per heavy atom. The summed E-state index contributed by atoms with van der Waals surface area (Å²) in [5.74, 6) is 1.24. The lowest BCUT2D eigenvalue weighted by molar-refractivity contribution is -0.130. The number of nitrogens with zero attached hydrogens (tertiary/aromatic N) is 1. The second kappa shape index (κ2) is 6.53. The van der Waals surface area contributed by atoms with Crippen molar-refractivity contribution in [3.8, 4) is 0 Å². The van der Waals surface area contributed by atoms with Crippen LogP contribution in [0.4, 0.5) is 5.69 Å². The molecule has 0 aromatic heterocycles. The van der Waals surface area contributed by atoms with Gasteiger partial charge in [-0.2, -0.15) is 11.8 Å². The average molecular weight is 301 g/mol. The molecule has 0 bridgehead atoms. The van der Waals surface area contributed by atoms with Crippen LogP contribution in [0, 0.1) is 0 Å². The van der Waals surface area contributed by atoms with E-state index in [4.69, 9.17) is 5.73 Å².